The molecule has 0 unspecified atom stereocenters. The first-order valence-corrected chi connectivity index (χ1v) is 11.7. The Labute approximate surface area is 217 Å². The van der Waals surface area contributed by atoms with E-state index in [4.69, 9.17) is 4.74 Å². The van der Waals surface area contributed by atoms with E-state index in [1.54, 1.807) is 18.2 Å². The van der Waals surface area contributed by atoms with Crippen LogP contribution >= 0.6 is 12.4 Å². The molecule has 0 aliphatic rings. The molecule has 36 heavy (non-hydrogen) atoms. The number of nitrogens with one attached hydrogen (secondary N) is 1. The van der Waals surface area contributed by atoms with Crippen LogP contribution in [0.15, 0.2) is 103 Å². The van der Waals surface area contributed by atoms with Gasteiger partial charge in [0.1, 0.15) is 17.9 Å². The lowest BCUT2D eigenvalue weighted by atomic mass is 10.0. The first-order valence-electron chi connectivity index (χ1n) is 11.7. The Hall–Kier alpha value is -3.64. The lowest BCUT2D eigenvalue weighted by Crippen LogP contribution is -2.23. The highest BCUT2D eigenvalue weighted by Crippen LogP contribution is 2.28. The number of hydrogen-bond donors (Lipinski definition) is 3. The third-order valence-corrected chi connectivity index (χ3v) is 5.85. The Balaban J connectivity index is 0.00000361. The zero-order valence-corrected chi connectivity index (χ0v) is 20.7. The van der Waals surface area contributed by atoms with Crippen molar-refractivity contribution in [2.45, 2.75) is 19.1 Å². The third kappa shape index (κ3) is 7.43. The fourth-order valence-electron chi connectivity index (χ4n) is 3.86. The van der Waals surface area contributed by atoms with Crippen molar-refractivity contribution in [3.05, 3.63) is 125 Å². The zero-order valence-electron chi connectivity index (χ0n) is 19.8. The highest BCUT2D eigenvalue weighted by atomic mass is 35.5. The molecule has 0 saturated carbocycles. The van der Waals surface area contributed by atoms with Crippen molar-refractivity contribution in [1.82, 2.24) is 5.32 Å². The number of halogens is 1. The van der Waals surface area contributed by atoms with E-state index in [-0.39, 0.29) is 18.0 Å². The summed E-state index contributed by atoms with van der Waals surface area (Å²) in [6.07, 6.45) is 0.316. The minimum Gasteiger partial charge on any atom is -0.488 e. The highest BCUT2D eigenvalue weighted by Gasteiger charge is 2.13. The number of ether oxygens (including phenoxy) is 1. The number of hydrogen-bond acceptors (Lipinski definition) is 4. The second-order valence-corrected chi connectivity index (χ2v) is 8.37. The summed E-state index contributed by atoms with van der Waals surface area (Å²) in [4.78, 5) is 11.7. The SMILES string of the molecule is Cl.O=C(O)c1ccc(-c2ccc(CCNC[C@H](O)c3ccccc3)cc2)cc1OCc1ccccc1. The summed E-state index contributed by atoms with van der Waals surface area (Å²) < 4.78 is 5.88. The van der Waals surface area contributed by atoms with Gasteiger partial charge in [0.05, 0.1) is 6.10 Å². The van der Waals surface area contributed by atoms with Gasteiger partial charge < -0.3 is 20.3 Å². The van der Waals surface area contributed by atoms with Crippen molar-refractivity contribution in [2.24, 2.45) is 0 Å². The van der Waals surface area contributed by atoms with Gasteiger partial charge in [-0.1, -0.05) is 91.0 Å². The third-order valence-electron chi connectivity index (χ3n) is 5.85. The van der Waals surface area contributed by atoms with Crippen molar-refractivity contribution in [1.29, 1.82) is 0 Å². The molecule has 3 N–H and O–H groups in total. The van der Waals surface area contributed by atoms with E-state index in [1.807, 2.05) is 72.8 Å². The molecule has 0 heterocycles. The van der Waals surface area contributed by atoms with Gasteiger partial charge in [-0.05, 0) is 52.9 Å². The van der Waals surface area contributed by atoms with Crippen LogP contribution in [0.25, 0.3) is 11.1 Å². The van der Waals surface area contributed by atoms with Gasteiger partial charge in [0.25, 0.3) is 0 Å². The maximum absolute atomic E-state index is 11.7. The molecule has 0 fully saturated rings. The van der Waals surface area contributed by atoms with E-state index < -0.39 is 12.1 Å². The largest absolute Gasteiger partial charge is 0.488 e. The zero-order chi connectivity index (χ0) is 24.5. The van der Waals surface area contributed by atoms with Gasteiger partial charge in [0.15, 0.2) is 0 Å². The fraction of sp³-hybridized carbons (Fsp3) is 0.167. The van der Waals surface area contributed by atoms with Gasteiger partial charge in [-0.25, -0.2) is 4.79 Å². The van der Waals surface area contributed by atoms with Gasteiger partial charge in [-0.3, -0.25) is 0 Å². The molecule has 4 aromatic carbocycles. The topological polar surface area (TPSA) is 78.8 Å². The number of carboxylic acids is 1. The van der Waals surface area contributed by atoms with Gasteiger partial charge in [0.2, 0.25) is 0 Å². The number of rotatable bonds is 11. The molecule has 5 nitrogen and oxygen atoms in total. The smallest absolute Gasteiger partial charge is 0.339 e. The maximum Gasteiger partial charge on any atom is 0.339 e. The molecule has 186 valence electrons. The van der Waals surface area contributed by atoms with Crippen LogP contribution in [0.5, 0.6) is 5.75 Å². The molecule has 0 amide bonds. The van der Waals surface area contributed by atoms with Gasteiger partial charge in [0, 0.05) is 6.54 Å². The van der Waals surface area contributed by atoms with E-state index in [2.05, 4.69) is 17.4 Å². The van der Waals surface area contributed by atoms with Crippen LogP contribution < -0.4 is 10.1 Å². The molecule has 0 radical (unpaired) electrons. The Morgan fingerprint density at radius 1 is 0.806 bits per heavy atom. The predicted molar refractivity (Wildman–Crippen MR) is 145 cm³/mol. The molecule has 0 bridgehead atoms. The fourth-order valence-corrected chi connectivity index (χ4v) is 3.86. The molecule has 6 heteroatoms. The summed E-state index contributed by atoms with van der Waals surface area (Å²) in [6.45, 7) is 1.56. The summed E-state index contributed by atoms with van der Waals surface area (Å²) in [6, 6.07) is 32.7. The normalized spacial score (nSPS) is 11.4. The molecule has 0 saturated heterocycles. The average Bonchev–Trinajstić information content (AvgIpc) is 2.91. The van der Waals surface area contributed by atoms with Crippen LogP contribution in [-0.4, -0.2) is 29.3 Å². The number of aliphatic hydroxyl groups is 1. The molecule has 4 rings (SSSR count). The van der Waals surface area contributed by atoms with Crippen LogP contribution in [0.2, 0.25) is 0 Å². The lowest BCUT2D eigenvalue weighted by molar-refractivity contribution is 0.0691. The predicted octanol–water partition coefficient (Wildman–Crippen LogP) is 5.92. The quantitative estimate of drug-likeness (QED) is 0.221. The molecule has 4 aromatic rings. The minimum atomic E-state index is -1.01. The Morgan fingerprint density at radius 2 is 1.44 bits per heavy atom. The van der Waals surface area contributed by atoms with Crippen molar-refractivity contribution in [3.63, 3.8) is 0 Å². The Kier molecular flexibility index (Phi) is 10.1. The first kappa shape index (κ1) is 27.0. The summed E-state index contributed by atoms with van der Waals surface area (Å²) >= 11 is 0. The van der Waals surface area contributed by atoms with E-state index in [0.29, 0.717) is 18.9 Å². The molecule has 0 aliphatic carbocycles. The summed E-state index contributed by atoms with van der Waals surface area (Å²) in [5.41, 5.74) is 5.09. The molecular weight excluding hydrogens is 474 g/mol. The lowest BCUT2D eigenvalue weighted by Gasteiger charge is -2.13. The summed E-state index contributed by atoms with van der Waals surface area (Å²) in [7, 11) is 0. The highest BCUT2D eigenvalue weighted by molar-refractivity contribution is 5.92. The second kappa shape index (κ2) is 13.4. The minimum absolute atomic E-state index is 0. The Bertz CT molecular complexity index is 1230. The molecule has 0 spiro atoms. The van der Waals surface area contributed by atoms with Crippen LogP contribution in [-0.2, 0) is 13.0 Å². The second-order valence-electron chi connectivity index (χ2n) is 8.37. The number of aliphatic hydroxyl groups excluding tert-OH is 1. The van der Waals surface area contributed by atoms with Gasteiger partial charge in [-0.2, -0.15) is 0 Å². The van der Waals surface area contributed by atoms with Crippen LogP contribution in [0.1, 0.15) is 33.2 Å². The van der Waals surface area contributed by atoms with E-state index in [9.17, 15) is 15.0 Å². The van der Waals surface area contributed by atoms with Crippen LogP contribution in [0, 0.1) is 0 Å². The van der Waals surface area contributed by atoms with Crippen molar-refractivity contribution < 1.29 is 19.7 Å². The number of carboxylic acid groups (broad SMARTS) is 1. The van der Waals surface area contributed by atoms with Crippen molar-refractivity contribution in [3.8, 4) is 16.9 Å². The summed E-state index contributed by atoms with van der Waals surface area (Å²) in [5, 5.41) is 23.1. The first-order chi connectivity index (χ1) is 17.1. The Morgan fingerprint density at radius 3 is 2.11 bits per heavy atom. The monoisotopic (exact) mass is 503 g/mol. The average molecular weight is 504 g/mol. The standard InChI is InChI=1S/C30H29NO4.ClH/c32-28(25-9-5-2-6-10-25)20-31-18-17-22-11-13-24(14-12-22)26-15-16-27(30(33)34)29(19-26)35-21-23-7-3-1-4-8-23;/h1-16,19,28,31-32H,17-18,20-21H2,(H,33,34);1H/t28-;/m0./s1. The maximum atomic E-state index is 11.7. The molecular formula is C30H30ClNO4. The van der Waals surface area contributed by atoms with Crippen LogP contribution in [0.4, 0.5) is 0 Å². The van der Waals surface area contributed by atoms with Gasteiger partial charge in [-0.15, -0.1) is 12.4 Å². The molecule has 1 atom stereocenters. The summed E-state index contributed by atoms with van der Waals surface area (Å²) in [5.74, 6) is -0.663. The van der Waals surface area contributed by atoms with Crippen LogP contribution in [0.3, 0.4) is 0 Å². The molecule has 0 aromatic heterocycles. The number of aromatic carboxylic acids is 1. The van der Waals surface area contributed by atoms with E-state index in [1.165, 1.54) is 5.56 Å². The van der Waals surface area contributed by atoms with Crippen molar-refractivity contribution >= 4 is 18.4 Å². The van der Waals surface area contributed by atoms with E-state index >= 15 is 0 Å². The van der Waals surface area contributed by atoms with Gasteiger partial charge >= 0.3 is 5.97 Å². The number of carbonyl (C=O) groups is 1. The molecule has 0 aliphatic heterocycles. The van der Waals surface area contributed by atoms with Crippen molar-refractivity contribution in [2.75, 3.05) is 13.1 Å². The van der Waals surface area contributed by atoms with E-state index in [0.717, 1.165) is 35.2 Å². The number of benzene rings is 4.